The minimum atomic E-state index is -0.302. The quantitative estimate of drug-likeness (QED) is 0.523. The zero-order valence-electron chi connectivity index (χ0n) is 18.9. The average Bonchev–Trinajstić information content (AvgIpc) is 3.24. The van der Waals surface area contributed by atoms with Gasteiger partial charge in [-0.2, -0.15) is 0 Å². The van der Waals surface area contributed by atoms with Gasteiger partial charge in [-0.05, 0) is 79.7 Å². The first-order valence-electron chi connectivity index (χ1n) is 11.4. The van der Waals surface area contributed by atoms with E-state index in [4.69, 9.17) is 0 Å². The summed E-state index contributed by atoms with van der Waals surface area (Å²) in [4.78, 5) is 30.5. The molecule has 8 heteroatoms. The van der Waals surface area contributed by atoms with Gasteiger partial charge < -0.3 is 25.8 Å². The van der Waals surface area contributed by atoms with Crippen molar-refractivity contribution in [2.24, 2.45) is 5.92 Å². The van der Waals surface area contributed by atoms with E-state index in [1.807, 2.05) is 67.5 Å². The monoisotopic (exact) mass is 463 g/mol. The van der Waals surface area contributed by atoms with Crippen LogP contribution in [0.3, 0.4) is 0 Å². The summed E-state index contributed by atoms with van der Waals surface area (Å²) in [6.07, 6.45) is 2.35. The fraction of sp³-hybridized carbons (Fsp3) is 0.360. The first-order chi connectivity index (χ1) is 15.9. The van der Waals surface area contributed by atoms with Crippen molar-refractivity contribution in [3.8, 4) is 0 Å². The Labute approximate surface area is 197 Å². The lowest BCUT2D eigenvalue weighted by Crippen LogP contribution is -2.57. The van der Waals surface area contributed by atoms with Gasteiger partial charge in [-0.1, -0.05) is 6.07 Å². The second-order valence-corrected chi connectivity index (χ2v) is 10.2. The highest BCUT2D eigenvalue weighted by molar-refractivity contribution is 7.20. The summed E-state index contributed by atoms with van der Waals surface area (Å²) in [6.45, 7) is 3.28. The van der Waals surface area contributed by atoms with E-state index in [0.29, 0.717) is 16.5 Å². The zero-order chi connectivity index (χ0) is 22.9. The van der Waals surface area contributed by atoms with Crippen molar-refractivity contribution in [2.75, 3.05) is 49.3 Å². The van der Waals surface area contributed by atoms with E-state index in [2.05, 4.69) is 20.9 Å². The zero-order valence-corrected chi connectivity index (χ0v) is 19.7. The lowest BCUT2D eigenvalue weighted by Gasteiger charge is -2.44. The molecule has 0 spiro atoms. The number of fused-ring (bicyclic) bond motifs is 4. The predicted molar refractivity (Wildman–Crippen MR) is 136 cm³/mol. The van der Waals surface area contributed by atoms with E-state index >= 15 is 0 Å². The van der Waals surface area contributed by atoms with Crippen LogP contribution in [0.25, 0.3) is 10.1 Å². The van der Waals surface area contributed by atoms with Gasteiger partial charge in [0.2, 0.25) is 0 Å². The van der Waals surface area contributed by atoms with E-state index in [1.54, 1.807) is 0 Å². The van der Waals surface area contributed by atoms with Crippen molar-refractivity contribution < 1.29 is 9.59 Å². The Morgan fingerprint density at radius 2 is 1.67 bits per heavy atom. The third-order valence-corrected chi connectivity index (χ3v) is 7.71. The third kappa shape index (κ3) is 4.82. The number of urea groups is 1. The van der Waals surface area contributed by atoms with Crippen molar-refractivity contribution in [3.63, 3.8) is 0 Å². The number of nitrogens with one attached hydrogen (secondary N) is 3. The van der Waals surface area contributed by atoms with Gasteiger partial charge >= 0.3 is 6.03 Å². The summed E-state index contributed by atoms with van der Waals surface area (Å²) in [5, 5.41) is 10.00. The van der Waals surface area contributed by atoms with Crippen LogP contribution in [0.15, 0.2) is 48.5 Å². The number of amides is 3. The summed E-state index contributed by atoms with van der Waals surface area (Å²) in [5.41, 5.74) is 2.48. The summed E-state index contributed by atoms with van der Waals surface area (Å²) in [5.74, 6) is 0.602. The van der Waals surface area contributed by atoms with Crippen molar-refractivity contribution in [1.82, 2.24) is 10.2 Å². The number of hydrogen-bond acceptors (Lipinski definition) is 5. The Hall–Kier alpha value is -3.10. The first-order valence-corrected chi connectivity index (χ1v) is 12.2. The Morgan fingerprint density at radius 1 is 0.970 bits per heavy atom. The van der Waals surface area contributed by atoms with Crippen molar-refractivity contribution in [2.45, 2.75) is 18.9 Å². The number of hydrogen-bond donors (Lipinski definition) is 3. The molecule has 6 rings (SSSR count). The van der Waals surface area contributed by atoms with Gasteiger partial charge in [0.05, 0.1) is 4.88 Å². The molecule has 2 bridgehead atoms. The van der Waals surface area contributed by atoms with E-state index in [1.165, 1.54) is 24.2 Å². The number of thiophene rings is 1. The molecule has 3 fully saturated rings. The molecule has 3 aliphatic heterocycles. The Balaban J connectivity index is 1.22. The summed E-state index contributed by atoms with van der Waals surface area (Å²) >= 11 is 1.46. The third-order valence-electron chi connectivity index (χ3n) is 6.62. The van der Waals surface area contributed by atoms with Crippen LogP contribution in [0.4, 0.5) is 21.9 Å². The van der Waals surface area contributed by atoms with Crippen LogP contribution in [-0.2, 0) is 0 Å². The number of rotatable bonds is 5. The van der Waals surface area contributed by atoms with Crippen LogP contribution in [0.2, 0.25) is 0 Å². The number of piperidine rings is 3. The van der Waals surface area contributed by atoms with Crippen LogP contribution >= 0.6 is 11.3 Å². The average molecular weight is 464 g/mol. The van der Waals surface area contributed by atoms with Gasteiger partial charge in [0.25, 0.3) is 5.91 Å². The topological polar surface area (TPSA) is 76.7 Å². The number of anilines is 3. The molecule has 4 heterocycles. The highest BCUT2D eigenvalue weighted by Gasteiger charge is 2.35. The molecule has 0 unspecified atom stereocenters. The van der Waals surface area contributed by atoms with Crippen LogP contribution in [-0.4, -0.2) is 56.6 Å². The van der Waals surface area contributed by atoms with Gasteiger partial charge in [-0.15, -0.1) is 11.3 Å². The van der Waals surface area contributed by atoms with Crippen LogP contribution in [0.5, 0.6) is 0 Å². The van der Waals surface area contributed by atoms with Gasteiger partial charge in [-0.3, -0.25) is 4.79 Å². The number of benzene rings is 2. The van der Waals surface area contributed by atoms with Crippen LogP contribution in [0, 0.1) is 5.92 Å². The molecule has 3 amide bonds. The molecule has 3 saturated heterocycles. The molecule has 1 atom stereocenters. The fourth-order valence-corrected chi connectivity index (χ4v) is 5.73. The molecule has 0 radical (unpaired) electrons. The molecule has 1 aromatic heterocycles. The molecule has 7 nitrogen and oxygen atoms in total. The molecule has 0 saturated carbocycles. The molecule has 172 valence electrons. The molecule has 2 aromatic carbocycles. The molecular weight excluding hydrogens is 434 g/mol. The largest absolute Gasteiger partial charge is 0.378 e. The first kappa shape index (κ1) is 21.7. The molecule has 3 aliphatic rings. The molecule has 3 N–H and O–H groups in total. The Morgan fingerprint density at radius 3 is 2.33 bits per heavy atom. The van der Waals surface area contributed by atoms with Crippen molar-refractivity contribution in [1.29, 1.82) is 0 Å². The summed E-state index contributed by atoms with van der Waals surface area (Å²) < 4.78 is 0.974. The van der Waals surface area contributed by atoms with E-state index in [-0.39, 0.29) is 18.0 Å². The van der Waals surface area contributed by atoms with E-state index in [9.17, 15) is 9.59 Å². The smallest absolute Gasteiger partial charge is 0.323 e. The highest BCUT2D eigenvalue weighted by atomic mass is 32.1. The second-order valence-electron chi connectivity index (χ2n) is 9.10. The number of carbonyl (C=O) groups excluding carboxylic acids is 2. The van der Waals surface area contributed by atoms with Gasteiger partial charge in [0.1, 0.15) is 0 Å². The molecule has 33 heavy (non-hydrogen) atoms. The normalized spacial score (nSPS) is 21.6. The summed E-state index contributed by atoms with van der Waals surface area (Å²) in [7, 11) is 3.95. The van der Waals surface area contributed by atoms with E-state index < -0.39 is 0 Å². The second kappa shape index (κ2) is 9.03. The van der Waals surface area contributed by atoms with Gasteiger partial charge in [0, 0.05) is 48.4 Å². The lowest BCUT2D eigenvalue weighted by atomic mass is 9.84. The van der Waals surface area contributed by atoms with Crippen molar-refractivity contribution in [3.05, 3.63) is 53.4 Å². The molecular formula is C25H29N5O2S. The highest BCUT2D eigenvalue weighted by Crippen LogP contribution is 2.31. The van der Waals surface area contributed by atoms with Crippen LogP contribution < -0.4 is 20.9 Å². The van der Waals surface area contributed by atoms with Gasteiger partial charge in [0.15, 0.2) is 0 Å². The fourth-order valence-electron chi connectivity index (χ4n) is 4.73. The van der Waals surface area contributed by atoms with Crippen LogP contribution in [0.1, 0.15) is 22.5 Å². The van der Waals surface area contributed by atoms with Crippen molar-refractivity contribution >= 4 is 50.4 Å². The standard InChI is InChI=1S/C25H29N5O2S/c1-29(2)20-7-5-18(6-8-20)26-25(32)27-19-4-3-17-13-23(33-22(17)14-19)24(31)28-21-15-30-11-9-16(21)10-12-30/h3-8,13-14,16,21H,9-12,15H2,1-2H3,(H,28,31)(H2,26,27,32)/t21-/m0/s1. The maximum atomic E-state index is 12.9. The Kier molecular flexibility index (Phi) is 5.95. The maximum absolute atomic E-state index is 12.9. The maximum Gasteiger partial charge on any atom is 0.323 e. The van der Waals surface area contributed by atoms with E-state index in [0.717, 1.165) is 41.1 Å². The minimum Gasteiger partial charge on any atom is -0.378 e. The number of nitrogens with zero attached hydrogens (tertiary/aromatic N) is 2. The summed E-state index contributed by atoms with van der Waals surface area (Å²) in [6, 6.07) is 15.3. The molecule has 3 aromatic rings. The Bertz CT molecular complexity index is 1170. The SMILES string of the molecule is CN(C)c1ccc(NC(=O)Nc2ccc3cc(C(=O)N[C@H]4CN5CCC4CC5)sc3c2)cc1. The molecule has 0 aliphatic carbocycles. The minimum absolute atomic E-state index is 0.00312. The lowest BCUT2D eigenvalue weighted by molar-refractivity contribution is 0.0622. The number of carbonyl (C=O) groups is 2. The van der Waals surface area contributed by atoms with Gasteiger partial charge in [-0.25, -0.2) is 4.79 Å². The predicted octanol–water partition coefficient (Wildman–Crippen LogP) is 4.44.